The lowest BCUT2D eigenvalue weighted by molar-refractivity contribution is -0.137. The minimum absolute atomic E-state index is 0.00536. The van der Waals surface area contributed by atoms with E-state index < -0.39 is 22.7 Å². The van der Waals surface area contributed by atoms with Crippen molar-refractivity contribution in [3.63, 3.8) is 0 Å². The number of nitrogens with zero attached hydrogens (tertiary/aromatic N) is 3. The fourth-order valence-corrected chi connectivity index (χ4v) is 4.03. The number of carbonyl (C=O) groups is 1. The van der Waals surface area contributed by atoms with Crippen LogP contribution in [0.1, 0.15) is 45.3 Å². The van der Waals surface area contributed by atoms with Gasteiger partial charge in [-0.15, -0.1) is 0 Å². The smallest absolute Gasteiger partial charge is 0.368 e. The van der Waals surface area contributed by atoms with Gasteiger partial charge >= 0.3 is 6.18 Å². The molecule has 1 fully saturated rings. The Morgan fingerprint density at radius 3 is 2.79 bits per heavy atom. The molecule has 0 bridgehead atoms. The molecule has 7 nitrogen and oxygen atoms in total. The summed E-state index contributed by atoms with van der Waals surface area (Å²) in [7, 11) is 0. The van der Waals surface area contributed by atoms with Crippen LogP contribution in [0.5, 0.6) is 0 Å². The number of nitrogen functional groups attached to an aromatic ring is 1. The first-order valence-electron chi connectivity index (χ1n) is 9.04. The lowest BCUT2D eigenvalue weighted by Gasteiger charge is -2.30. The molecule has 0 saturated carbocycles. The summed E-state index contributed by atoms with van der Waals surface area (Å²) in [6.45, 7) is 1.24. The third kappa shape index (κ3) is 3.75. The fourth-order valence-electron chi connectivity index (χ4n) is 3.72. The van der Waals surface area contributed by atoms with Gasteiger partial charge in [0.2, 0.25) is 5.95 Å². The SMILES string of the molecule is Nc1nc2c(c(C3CCNN3)n1)CCN(C(=O)c1cccc(C(F)(F)F)c1Cl)C2. The summed E-state index contributed by atoms with van der Waals surface area (Å²) in [5.41, 5.74) is 13.1. The summed E-state index contributed by atoms with van der Waals surface area (Å²) >= 11 is 5.92. The van der Waals surface area contributed by atoms with Crippen molar-refractivity contribution in [1.29, 1.82) is 0 Å². The van der Waals surface area contributed by atoms with Crippen LogP contribution in [0.4, 0.5) is 19.1 Å². The Hall–Kier alpha value is -2.43. The molecule has 154 valence electrons. The molecule has 1 amide bonds. The maximum atomic E-state index is 13.1. The molecule has 2 aromatic rings. The summed E-state index contributed by atoms with van der Waals surface area (Å²) < 4.78 is 39.4. The van der Waals surface area contributed by atoms with Crippen molar-refractivity contribution in [2.45, 2.75) is 31.6 Å². The van der Waals surface area contributed by atoms with Gasteiger partial charge in [-0.3, -0.25) is 10.2 Å². The second kappa shape index (κ2) is 7.43. The Bertz CT molecular complexity index is 961. The highest BCUT2D eigenvalue weighted by atomic mass is 35.5. The number of rotatable bonds is 2. The van der Waals surface area contributed by atoms with Gasteiger partial charge in [-0.1, -0.05) is 17.7 Å². The van der Waals surface area contributed by atoms with Gasteiger partial charge in [-0.05, 0) is 25.0 Å². The number of alkyl halides is 3. The first-order valence-corrected chi connectivity index (χ1v) is 9.42. The predicted molar refractivity (Wildman–Crippen MR) is 99.8 cm³/mol. The third-order valence-corrected chi connectivity index (χ3v) is 5.51. The zero-order valence-corrected chi connectivity index (χ0v) is 15.9. The molecule has 1 aromatic carbocycles. The average molecular weight is 427 g/mol. The van der Waals surface area contributed by atoms with Gasteiger partial charge in [0, 0.05) is 18.7 Å². The van der Waals surface area contributed by atoms with Crippen molar-refractivity contribution in [2.24, 2.45) is 0 Å². The largest absolute Gasteiger partial charge is 0.417 e. The van der Waals surface area contributed by atoms with E-state index in [1.807, 2.05) is 0 Å². The molecular weight excluding hydrogens is 409 g/mol. The third-order valence-electron chi connectivity index (χ3n) is 5.10. The van der Waals surface area contributed by atoms with Gasteiger partial charge in [0.05, 0.1) is 40.1 Å². The van der Waals surface area contributed by atoms with Crippen molar-refractivity contribution < 1.29 is 18.0 Å². The van der Waals surface area contributed by atoms with E-state index in [4.69, 9.17) is 17.3 Å². The lowest BCUT2D eigenvalue weighted by Crippen LogP contribution is -2.38. The van der Waals surface area contributed by atoms with Crippen molar-refractivity contribution in [2.75, 3.05) is 18.8 Å². The molecule has 0 spiro atoms. The Labute approximate surface area is 169 Å². The van der Waals surface area contributed by atoms with Crippen LogP contribution < -0.4 is 16.6 Å². The number of hydrogen-bond donors (Lipinski definition) is 3. The zero-order chi connectivity index (χ0) is 20.8. The number of carbonyl (C=O) groups excluding carboxylic acids is 1. The zero-order valence-electron chi connectivity index (χ0n) is 15.2. The van der Waals surface area contributed by atoms with Crippen LogP contribution in [0.25, 0.3) is 0 Å². The molecule has 0 radical (unpaired) electrons. The van der Waals surface area contributed by atoms with E-state index in [0.29, 0.717) is 18.7 Å². The Balaban J connectivity index is 1.63. The molecule has 1 unspecified atom stereocenters. The molecule has 2 aliphatic rings. The van der Waals surface area contributed by atoms with Gasteiger partial charge in [-0.25, -0.2) is 15.4 Å². The Kier molecular flexibility index (Phi) is 5.09. The molecule has 3 heterocycles. The highest BCUT2D eigenvalue weighted by molar-refractivity contribution is 6.34. The van der Waals surface area contributed by atoms with Crippen LogP contribution in [-0.2, 0) is 19.1 Å². The molecule has 1 aromatic heterocycles. The first-order chi connectivity index (χ1) is 13.8. The quantitative estimate of drug-likeness (QED) is 0.682. The summed E-state index contributed by atoms with van der Waals surface area (Å²) in [6, 6.07) is 3.32. The van der Waals surface area contributed by atoms with E-state index in [1.54, 1.807) is 0 Å². The van der Waals surface area contributed by atoms with Gasteiger partial charge in [-0.2, -0.15) is 13.2 Å². The van der Waals surface area contributed by atoms with Gasteiger partial charge in [0.15, 0.2) is 0 Å². The molecule has 1 atom stereocenters. The average Bonchev–Trinajstić information content (AvgIpc) is 3.20. The summed E-state index contributed by atoms with van der Waals surface area (Å²) in [4.78, 5) is 23.0. The maximum absolute atomic E-state index is 13.1. The Morgan fingerprint density at radius 1 is 1.31 bits per heavy atom. The minimum atomic E-state index is -4.64. The number of benzene rings is 1. The second-order valence-electron chi connectivity index (χ2n) is 6.95. The number of amides is 1. The van der Waals surface area contributed by atoms with Crippen LogP contribution in [0.3, 0.4) is 0 Å². The number of halogens is 4. The van der Waals surface area contributed by atoms with Gasteiger partial charge < -0.3 is 10.6 Å². The van der Waals surface area contributed by atoms with Crippen LogP contribution in [0, 0.1) is 0 Å². The molecular formula is C18H18ClF3N6O. The molecule has 1 saturated heterocycles. The van der Waals surface area contributed by atoms with Gasteiger partial charge in [0.25, 0.3) is 5.91 Å². The summed E-state index contributed by atoms with van der Waals surface area (Å²) in [6.07, 6.45) is -3.32. The van der Waals surface area contributed by atoms with E-state index in [-0.39, 0.29) is 24.1 Å². The number of fused-ring (bicyclic) bond motifs is 1. The summed E-state index contributed by atoms with van der Waals surface area (Å²) in [5, 5.41) is -0.597. The van der Waals surface area contributed by atoms with Crippen molar-refractivity contribution in [3.8, 4) is 0 Å². The van der Waals surface area contributed by atoms with Crippen LogP contribution in [0.15, 0.2) is 18.2 Å². The van der Waals surface area contributed by atoms with Crippen LogP contribution in [-0.4, -0.2) is 33.9 Å². The number of aromatic nitrogens is 2. The van der Waals surface area contributed by atoms with Gasteiger partial charge in [0.1, 0.15) is 0 Å². The molecule has 2 aliphatic heterocycles. The molecule has 4 rings (SSSR count). The van der Waals surface area contributed by atoms with Crippen molar-refractivity contribution in [3.05, 3.63) is 51.3 Å². The highest BCUT2D eigenvalue weighted by Crippen LogP contribution is 2.37. The first kappa shape index (κ1) is 19.9. The second-order valence-corrected chi connectivity index (χ2v) is 7.32. The van der Waals surface area contributed by atoms with E-state index in [2.05, 4.69) is 20.8 Å². The standard InChI is InChI=1S/C18H18ClF3N6O/c19-14-10(2-1-3-11(14)18(20,21)22)16(29)28-7-5-9-13(8-28)25-17(23)26-15(9)12-4-6-24-27-12/h1-3,12,24,27H,4-8H2,(H2,23,25,26). The van der Waals surface area contributed by atoms with E-state index in [1.165, 1.54) is 17.0 Å². The molecule has 29 heavy (non-hydrogen) atoms. The minimum Gasteiger partial charge on any atom is -0.368 e. The topological polar surface area (TPSA) is 96.2 Å². The van der Waals surface area contributed by atoms with Crippen molar-refractivity contribution >= 4 is 23.5 Å². The normalized spacial score (nSPS) is 19.3. The van der Waals surface area contributed by atoms with E-state index in [9.17, 15) is 18.0 Å². The maximum Gasteiger partial charge on any atom is 0.417 e. The number of hydrogen-bond acceptors (Lipinski definition) is 6. The number of anilines is 1. The van der Waals surface area contributed by atoms with E-state index >= 15 is 0 Å². The monoisotopic (exact) mass is 426 g/mol. The van der Waals surface area contributed by atoms with Crippen LogP contribution >= 0.6 is 11.6 Å². The number of nitrogens with one attached hydrogen (secondary N) is 2. The molecule has 4 N–H and O–H groups in total. The Morgan fingerprint density at radius 2 is 2.10 bits per heavy atom. The summed E-state index contributed by atoms with van der Waals surface area (Å²) in [5.74, 6) is -0.481. The predicted octanol–water partition coefficient (Wildman–Crippen LogP) is 2.47. The number of hydrazine groups is 1. The highest BCUT2D eigenvalue weighted by Gasteiger charge is 2.36. The number of nitrogens with two attached hydrogens (primary N) is 1. The fraction of sp³-hybridized carbons (Fsp3) is 0.389. The van der Waals surface area contributed by atoms with Crippen molar-refractivity contribution in [1.82, 2.24) is 25.7 Å². The lowest BCUT2D eigenvalue weighted by atomic mass is 9.97. The molecule has 0 aliphatic carbocycles. The van der Waals surface area contributed by atoms with Crippen LogP contribution in [0.2, 0.25) is 5.02 Å². The van der Waals surface area contributed by atoms with E-state index in [0.717, 1.165) is 30.3 Å². The molecule has 11 heteroatoms.